The highest BCUT2D eigenvalue weighted by atomic mass is 16.3. The van der Waals surface area contributed by atoms with Gasteiger partial charge in [0.05, 0.1) is 0 Å². The summed E-state index contributed by atoms with van der Waals surface area (Å²) < 4.78 is 0. The third kappa shape index (κ3) is 4.27. The van der Waals surface area contributed by atoms with Gasteiger partial charge in [-0.05, 0) is 13.8 Å². The number of hydrogen-bond acceptors (Lipinski definition) is 4. The van der Waals surface area contributed by atoms with Crippen LogP contribution in [0.2, 0.25) is 0 Å². The van der Waals surface area contributed by atoms with Gasteiger partial charge in [-0.15, -0.1) is 0 Å². The number of aliphatic hydroxyl groups is 2. The van der Waals surface area contributed by atoms with Crippen molar-refractivity contribution in [1.82, 2.24) is 0 Å². The van der Waals surface area contributed by atoms with Crippen LogP contribution in [0.3, 0.4) is 0 Å². The molecule has 0 rings (SSSR count). The van der Waals surface area contributed by atoms with Gasteiger partial charge in [0, 0.05) is 12.2 Å². The summed E-state index contributed by atoms with van der Waals surface area (Å²) in [5.41, 5.74) is 0. The normalized spacial score (nSPS) is 12.8. The van der Waals surface area contributed by atoms with Crippen LogP contribution < -0.4 is 0 Å². The van der Waals surface area contributed by atoms with Gasteiger partial charge >= 0.3 is 0 Å². The molecule has 0 aliphatic heterocycles. The van der Waals surface area contributed by atoms with E-state index in [4.69, 9.17) is 10.2 Å². The average Bonchev–Trinajstić information content (AvgIpc) is 1.84. The molecular formula is C8H10O4. The Morgan fingerprint density at radius 3 is 1.33 bits per heavy atom. The fraction of sp³-hybridized carbons (Fsp3) is 0.250. The Morgan fingerprint density at radius 1 is 0.917 bits per heavy atom. The van der Waals surface area contributed by atoms with Crippen LogP contribution in [0.25, 0.3) is 0 Å². The Balaban J connectivity index is 4.59. The molecule has 4 nitrogen and oxygen atoms in total. The second-order valence-corrected chi connectivity index (χ2v) is 2.28. The number of carbonyl (C=O) groups is 2. The number of hydrogen-bond donors (Lipinski definition) is 2. The topological polar surface area (TPSA) is 74.6 Å². The first-order chi connectivity index (χ1) is 5.43. The molecule has 0 aromatic carbocycles. The van der Waals surface area contributed by atoms with Crippen molar-refractivity contribution in [3.8, 4) is 0 Å². The van der Waals surface area contributed by atoms with Crippen LogP contribution in [-0.4, -0.2) is 21.8 Å². The molecule has 0 atom stereocenters. The van der Waals surface area contributed by atoms with Gasteiger partial charge in [0.15, 0.2) is 23.1 Å². The molecule has 0 spiro atoms. The molecule has 4 heteroatoms. The molecule has 12 heavy (non-hydrogen) atoms. The molecule has 0 bridgehead atoms. The number of carbonyl (C=O) groups excluding carboxylic acids is 2. The fourth-order valence-electron chi connectivity index (χ4n) is 0.533. The highest BCUT2D eigenvalue weighted by Crippen LogP contribution is 2.01. The summed E-state index contributed by atoms with van der Waals surface area (Å²) in [6.45, 7) is 2.44. The smallest absolute Gasteiger partial charge is 0.161 e. The Hall–Kier alpha value is -1.58. The van der Waals surface area contributed by atoms with E-state index in [1.807, 2.05) is 0 Å². The van der Waals surface area contributed by atoms with Gasteiger partial charge in [-0.25, -0.2) is 0 Å². The summed E-state index contributed by atoms with van der Waals surface area (Å²) >= 11 is 0. The van der Waals surface area contributed by atoms with Crippen LogP contribution in [0.15, 0.2) is 23.7 Å². The molecule has 0 aliphatic rings. The van der Waals surface area contributed by atoms with Crippen LogP contribution in [0, 0.1) is 0 Å². The van der Waals surface area contributed by atoms with Crippen molar-refractivity contribution < 1.29 is 19.8 Å². The zero-order valence-electron chi connectivity index (χ0n) is 6.87. The predicted octanol–water partition coefficient (Wildman–Crippen LogP) is 1.05. The molecule has 0 aromatic heterocycles. The molecular weight excluding hydrogens is 160 g/mol. The van der Waals surface area contributed by atoms with Gasteiger partial charge in [0.1, 0.15) is 0 Å². The molecule has 0 saturated carbocycles. The van der Waals surface area contributed by atoms with Crippen molar-refractivity contribution in [2.75, 3.05) is 0 Å². The van der Waals surface area contributed by atoms with E-state index in [1.54, 1.807) is 0 Å². The van der Waals surface area contributed by atoms with Crippen molar-refractivity contribution in [3.63, 3.8) is 0 Å². The maximum atomic E-state index is 10.4. The quantitative estimate of drug-likeness (QED) is 0.377. The summed E-state index contributed by atoms with van der Waals surface area (Å²) in [6, 6.07) is 0. The molecule has 0 unspecified atom stereocenters. The Morgan fingerprint density at radius 2 is 1.17 bits per heavy atom. The molecule has 0 fully saturated rings. The molecule has 0 aliphatic carbocycles. The maximum Gasteiger partial charge on any atom is 0.161 e. The largest absolute Gasteiger partial charge is 0.504 e. The van der Waals surface area contributed by atoms with Crippen LogP contribution >= 0.6 is 0 Å². The lowest BCUT2D eigenvalue weighted by Crippen LogP contribution is -1.95. The van der Waals surface area contributed by atoms with Crippen LogP contribution in [0.1, 0.15) is 13.8 Å². The predicted molar refractivity (Wildman–Crippen MR) is 42.8 cm³/mol. The monoisotopic (exact) mass is 170 g/mol. The zero-order chi connectivity index (χ0) is 9.72. The lowest BCUT2D eigenvalue weighted by atomic mass is 10.3. The van der Waals surface area contributed by atoms with E-state index in [2.05, 4.69) is 0 Å². The van der Waals surface area contributed by atoms with Gasteiger partial charge in [0.25, 0.3) is 0 Å². The summed E-state index contributed by atoms with van der Waals surface area (Å²) in [6.07, 6.45) is 1.66. The van der Waals surface area contributed by atoms with Crippen molar-refractivity contribution in [3.05, 3.63) is 23.7 Å². The van der Waals surface area contributed by atoms with Crippen molar-refractivity contribution in [2.24, 2.45) is 0 Å². The molecule has 0 heterocycles. The SMILES string of the molecule is CC(=O)C=C(O)C(O)=CC(C)=O. The van der Waals surface area contributed by atoms with Gasteiger partial charge in [-0.1, -0.05) is 0 Å². The van der Waals surface area contributed by atoms with Crippen molar-refractivity contribution >= 4 is 11.6 Å². The first-order valence-electron chi connectivity index (χ1n) is 3.26. The molecule has 0 amide bonds. The van der Waals surface area contributed by atoms with Gasteiger partial charge in [-0.3, -0.25) is 9.59 Å². The fourth-order valence-corrected chi connectivity index (χ4v) is 0.533. The van der Waals surface area contributed by atoms with E-state index in [-0.39, 0.29) is 0 Å². The summed E-state index contributed by atoms with van der Waals surface area (Å²) in [5.74, 6) is -2.01. The van der Waals surface area contributed by atoms with Gasteiger partial charge < -0.3 is 10.2 Å². The summed E-state index contributed by atoms with van der Waals surface area (Å²) in [7, 11) is 0. The minimum Gasteiger partial charge on any atom is -0.504 e. The summed E-state index contributed by atoms with van der Waals surface area (Å²) in [4.78, 5) is 20.8. The Bertz CT molecular complexity index is 232. The highest BCUT2D eigenvalue weighted by molar-refractivity contribution is 5.90. The molecule has 0 radical (unpaired) electrons. The minimum absolute atomic E-state index is 0.406. The minimum atomic E-state index is -0.599. The third-order valence-electron chi connectivity index (χ3n) is 0.942. The first kappa shape index (κ1) is 10.4. The summed E-state index contributed by atoms with van der Waals surface area (Å²) in [5, 5.41) is 17.8. The maximum absolute atomic E-state index is 10.4. The van der Waals surface area contributed by atoms with E-state index < -0.39 is 23.1 Å². The number of allylic oxidation sites excluding steroid dienone is 2. The molecule has 66 valence electrons. The van der Waals surface area contributed by atoms with E-state index in [0.29, 0.717) is 0 Å². The third-order valence-corrected chi connectivity index (χ3v) is 0.942. The van der Waals surface area contributed by atoms with Crippen molar-refractivity contribution in [2.45, 2.75) is 13.8 Å². The van der Waals surface area contributed by atoms with Crippen LogP contribution in [0.5, 0.6) is 0 Å². The number of aliphatic hydroxyl groups excluding tert-OH is 2. The Labute approximate surface area is 69.8 Å². The highest BCUT2D eigenvalue weighted by Gasteiger charge is 2.02. The van der Waals surface area contributed by atoms with E-state index >= 15 is 0 Å². The lowest BCUT2D eigenvalue weighted by molar-refractivity contribution is -0.113. The molecule has 2 N–H and O–H groups in total. The standard InChI is InChI=1S/C8H10O4/c1-5(9)3-7(11)8(12)4-6(2)10/h3-4,11-12H,1-2H3. The van der Waals surface area contributed by atoms with Crippen LogP contribution in [-0.2, 0) is 9.59 Å². The average molecular weight is 170 g/mol. The number of ketones is 2. The number of rotatable bonds is 3. The van der Waals surface area contributed by atoms with E-state index in [1.165, 1.54) is 13.8 Å². The Kier molecular flexibility index (Phi) is 3.76. The van der Waals surface area contributed by atoms with Gasteiger partial charge in [-0.2, -0.15) is 0 Å². The second kappa shape index (κ2) is 4.33. The molecule has 0 saturated heterocycles. The van der Waals surface area contributed by atoms with Gasteiger partial charge in [0.2, 0.25) is 0 Å². The zero-order valence-corrected chi connectivity index (χ0v) is 6.87. The lowest BCUT2D eigenvalue weighted by Gasteiger charge is -1.95. The van der Waals surface area contributed by atoms with Crippen LogP contribution in [0.4, 0.5) is 0 Å². The van der Waals surface area contributed by atoms with E-state index in [0.717, 1.165) is 12.2 Å². The van der Waals surface area contributed by atoms with E-state index in [9.17, 15) is 9.59 Å². The first-order valence-corrected chi connectivity index (χ1v) is 3.26. The second-order valence-electron chi connectivity index (χ2n) is 2.28. The molecule has 0 aromatic rings. The van der Waals surface area contributed by atoms with Crippen molar-refractivity contribution in [1.29, 1.82) is 0 Å².